The van der Waals surface area contributed by atoms with Gasteiger partial charge in [-0.05, 0) is 42.1 Å². The fourth-order valence-electron chi connectivity index (χ4n) is 2.28. The van der Waals surface area contributed by atoms with Gasteiger partial charge in [0.2, 0.25) is 0 Å². The van der Waals surface area contributed by atoms with Crippen LogP contribution in [0.15, 0.2) is 28.7 Å². The molecule has 0 atom stereocenters. The summed E-state index contributed by atoms with van der Waals surface area (Å²) in [5.41, 5.74) is 3.48. The van der Waals surface area contributed by atoms with E-state index in [1.54, 1.807) is 0 Å². The number of nitrogens with one attached hydrogen (secondary N) is 1. The van der Waals surface area contributed by atoms with Crippen LogP contribution in [0.2, 0.25) is 0 Å². The highest BCUT2D eigenvalue weighted by Crippen LogP contribution is 2.44. The predicted molar refractivity (Wildman–Crippen MR) is 90.7 cm³/mol. The summed E-state index contributed by atoms with van der Waals surface area (Å²) in [6.45, 7) is 5.17. The summed E-state index contributed by atoms with van der Waals surface area (Å²) >= 11 is 3.68. The van der Waals surface area contributed by atoms with Crippen molar-refractivity contribution in [3.8, 4) is 11.4 Å². The Morgan fingerprint density at radius 1 is 1.19 bits per heavy atom. The molecule has 1 saturated carbocycles. The molecule has 0 spiro atoms. The van der Waals surface area contributed by atoms with E-state index in [-0.39, 0.29) is 0 Å². The van der Waals surface area contributed by atoms with Gasteiger partial charge in [0.15, 0.2) is 5.82 Å². The van der Waals surface area contributed by atoms with Gasteiger partial charge in [-0.2, -0.15) is 0 Å². The summed E-state index contributed by atoms with van der Waals surface area (Å²) in [6.07, 6.45) is 3.54. The standard InChI is InChI=1S/C17H20BrN3/c1-3-10-19-17-14(18)15(12-8-9-12)20-16(21-17)13-6-4-11(2)5-7-13/h4-7,12H,3,8-10H2,1-2H3,(H,19,20,21). The van der Waals surface area contributed by atoms with Crippen molar-refractivity contribution in [3.05, 3.63) is 40.0 Å². The first-order valence-corrected chi connectivity index (χ1v) is 8.36. The lowest BCUT2D eigenvalue weighted by Crippen LogP contribution is -2.07. The smallest absolute Gasteiger partial charge is 0.161 e. The number of rotatable bonds is 5. The monoisotopic (exact) mass is 345 g/mol. The number of hydrogen-bond donors (Lipinski definition) is 1. The minimum absolute atomic E-state index is 0.591. The van der Waals surface area contributed by atoms with Gasteiger partial charge in [-0.1, -0.05) is 36.8 Å². The fourth-order valence-corrected chi connectivity index (χ4v) is 2.93. The summed E-state index contributed by atoms with van der Waals surface area (Å²) in [5, 5.41) is 3.41. The van der Waals surface area contributed by atoms with E-state index in [0.717, 1.165) is 40.3 Å². The van der Waals surface area contributed by atoms with Gasteiger partial charge in [0.25, 0.3) is 0 Å². The highest BCUT2D eigenvalue weighted by atomic mass is 79.9. The van der Waals surface area contributed by atoms with E-state index in [4.69, 9.17) is 9.97 Å². The maximum Gasteiger partial charge on any atom is 0.161 e. The van der Waals surface area contributed by atoms with E-state index in [2.05, 4.69) is 59.4 Å². The third-order valence-corrected chi connectivity index (χ3v) is 4.47. The quantitative estimate of drug-likeness (QED) is 0.836. The molecule has 1 fully saturated rings. The van der Waals surface area contributed by atoms with E-state index in [1.807, 2.05) is 0 Å². The third-order valence-electron chi connectivity index (χ3n) is 3.69. The molecule has 4 heteroatoms. The number of hydrogen-bond acceptors (Lipinski definition) is 3. The van der Waals surface area contributed by atoms with Crippen LogP contribution in [0.3, 0.4) is 0 Å². The molecule has 1 heterocycles. The summed E-state index contributed by atoms with van der Waals surface area (Å²) in [5.74, 6) is 2.33. The van der Waals surface area contributed by atoms with Crippen LogP contribution in [0.5, 0.6) is 0 Å². The van der Waals surface area contributed by atoms with Crippen LogP contribution >= 0.6 is 15.9 Å². The van der Waals surface area contributed by atoms with Crippen LogP contribution in [0.4, 0.5) is 5.82 Å². The molecule has 21 heavy (non-hydrogen) atoms. The maximum atomic E-state index is 4.80. The molecule has 110 valence electrons. The molecule has 2 aromatic rings. The Labute approximate surface area is 134 Å². The van der Waals surface area contributed by atoms with E-state index in [0.29, 0.717) is 5.92 Å². The minimum Gasteiger partial charge on any atom is -0.369 e. The lowest BCUT2D eigenvalue weighted by molar-refractivity contribution is 0.940. The number of aromatic nitrogens is 2. The van der Waals surface area contributed by atoms with Crippen LogP contribution in [0.25, 0.3) is 11.4 Å². The molecule has 0 bridgehead atoms. The highest BCUT2D eigenvalue weighted by Gasteiger charge is 2.29. The first-order valence-electron chi connectivity index (χ1n) is 7.57. The van der Waals surface area contributed by atoms with Gasteiger partial charge in [0, 0.05) is 18.0 Å². The summed E-state index contributed by atoms with van der Waals surface area (Å²) in [7, 11) is 0. The zero-order valence-electron chi connectivity index (χ0n) is 12.5. The first kappa shape index (κ1) is 14.5. The summed E-state index contributed by atoms with van der Waals surface area (Å²) in [4.78, 5) is 9.52. The molecule has 0 radical (unpaired) electrons. The number of nitrogens with zero attached hydrogens (tertiary/aromatic N) is 2. The van der Waals surface area contributed by atoms with Crippen LogP contribution in [-0.2, 0) is 0 Å². The average molecular weight is 346 g/mol. The Bertz CT molecular complexity index is 633. The normalized spacial score (nSPS) is 14.2. The molecule has 3 nitrogen and oxygen atoms in total. The Kier molecular flexibility index (Phi) is 4.24. The molecule has 0 saturated heterocycles. The number of benzene rings is 1. The van der Waals surface area contributed by atoms with Gasteiger partial charge in [0.1, 0.15) is 5.82 Å². The Hall–Kier alpha value is -1.42. The largest absolute Gasteiger partial charge is 0.369 e. The van der Waals surface area contributed by atoms with Crippen molar-refractivity contribution in [2.24, 2.45) is 0 Å². The number of aryl methyl sites for hydroxylation is 1. The molecule has 0 unspecified atom stereocenters. The van der Waals surface area contributed by atoms with Gasteiger partial charge >= 0.3 is 0 Å². The topological polar surface area (TPSA) is 37.8 Å². The molecule has 0 amide bonds. The lowest BCUT2D eigenvalue weighted by Gasteiger charge is -2.12. The Balaban J connectivity index is 2.03. The van der Waals surface area contributed by atoms with Gasteiger partial charge in [-0.25, -0.2) is 9.97 Å². The van der Waals surface area contributed by atoms with Gasteiger partial charge in [-0.3, -0.25) is 0 Å². The average Bonchev–Trinajstić information content (AvgIpc) is 3.32. The van der Waals surface area contributed by atoms with E-state index < -0.39 is 0 Å². The van der Waals surface area contributed by atoms with Crippen molar-refractivity contribution in [2.75, 3.05) is 11.9 Å². The Morgan fingerprint density at radius 2 is 1.90 bits per heavy atom. The molecule has 1 aliphatic carbocycles. The van der Waals surface area contributed by atoms with Crippen molar-refractivity contribution >= 4 is 21.7 Å². The van der Waals surface area contributed by atoms with Crippen molar-refractivity contribution in [1.29, 1.82) is 0 Å². The lowest BCUT2D eigenvalue weighted by atomic mass is 10.1. The maximum absolute atomic E-state index is 4.80. The molecular formula is C17H20BrN3. The zero-order valence-corrected chi connectivity index (χ0v) is 14.1. The third kappa shape index (κ3) is 3.26. The van der Waals surface area contributed by atoms with Crippen LogP contribution < -0.4 is 5.32 Å². The molecule has 1 N–H and O–H groups in total. The van der Waals surface area contributed by atoms with E-state index in [9.17, 15) is 0 Å². The molecule has 1 aliphatic rings. The number of anilines is 1. The second-order valence-electron chi connectivity index (χ2n) is 5.66. The SMILES string of the molecule is CCCNc1nc(-c2ccc(C)cc2)nc(C2CC2)c1Br. The van der Waals surface area contributed by atoms with Crippen LogP contribution in [0.1, 0.15) is 43.4 Å². The fraction of sp³-hybridized carbons (Fsp3) is 0.412. The van der Waals surface area contributed by atoms with Crippen LogP contribution in [-0.4, -0.2) is 16.5 Å². The van der Waals surface area contributed by atoms with Crippen molar-refractivity contribution < 1.29 is 0 Å². The molecular weight excluding hydrogens is 326 g/mol. The summed E-state index contributed by atoms with van der Waals surface area (Å²) in [6, 6.07) is 8.41. The van der Waals surface area contributed by atoms with Crippen molar-refractivity contribution in [3.63, 3.8) is 0 Å². The van der Waals surface area contributed by atoms with Crippen LogP contribution in [0, 0.1) is 6.92 Å². The van der Waals surface area contributed by atoms with Crippen molar-refractivity contribution in [2.45, 2.75) is 39.0 Å². The second kappa shape index (κ2) is 6.14. The van der Waals surface area contributed by atoms with Crippen molar-refractivity contribution in [1.82, 2.24) is 9.97 Å². The van der Waals surface area contributed by atoms with Gasteiger partial charge < -0.3 is 5.32 Å². The zero-order chi connectivity index (χ0) is 14.8. The van der Waals surface area contributed by atoms with E-state index in [1.165, 1.54) is 18.4 Å². The number of halogens is 1. The highest BCUT2D eigenvalue weighted by molar-refractivity contribution is 9.10. The molecule has 3 rings (SSSR count). The second-order valence-corrected chi connectivity index (χ2v) is 6.46. The minimum atomic E-state index is 0.591. The van der Waals surface area contributed by atoms with E-state index >= 15 is 0 Å². The molecule has 0 aliphatic heterocycles. The molecule has 1 aromatic heterocycles. The summed E-state index contributed by atoms with van der Waals surface area (Å²) < 4.78 is 1.04. The van der Waals surface area contributed by atoms with Gasteiger partial charge in [-0.15, -0.1) is 0 Å². The Morgan fingerprint density at radius 3 is 2.52 bits per heavy atom. The predicted octanol–water partition coefficient (Wildman–Crippen LogP) is 4.91. The molecule has 1 aromatic carbocycles. The van der Waals surface area contributed by atoms with Gasteiger partial charge in [0.05, 0.1) is 10.2 Å². The first-order chi connectivity index (χ1) is 10.2.